The molecule has 0 N–H and O–H groups in total. The molecule has 0 saturated carbocycles. The fourth-order valence-corrected chi connectivity index (χ4v) is 1.93. The first-order valence-electron chi connectivity index (χ1n) is 4.50. The lowest BCUT2D eigenvalue weighted by molar-refractivity contribution is 0.683. The fourth-order valence-electron chi connectivity index (χ4n) is 1.27. The van der Waals surface area contributed by atoms with Crippen LogP contribution in [0.25, 0.3) is 10.7 Å². The summed E-state index contributed by atoms with van der Waals surface area (Å²) in [5.74, 6) is 0.874. The Balaban J connectivity index is 2.41. The minimum atomic E-state index is 0.874. The van der Waals surface area contributed by atoms with Gasteiger partial charge in [0.05, 0.1) is 5.69 Å². The number of aromatic nitrogens is 5. The zero-order valence-electron chi connectivity index (χ0n) is 8.14. The van der Waals surface area contributed by atoms with E-state index in [1.807, 2.05) is 11.5 Å². The molecule has 0 bridgehead atoms. The number of nitrogens with zero attached hydrogens (tertiary/aromatic N) is 5. The Hall–Kier alpha value is -1.30. The van der Waals surface area contributed by atoms with Gasteiger partial charge in [0.15, 0.2) is 5.82 Å². The van der Waals surface area contributed by atoms with E-state index in [9.17, 15) is 0 Å². The largest absolute Gasteiger partial charge is 0.313 e. The molecule has 5 nitrogen and oxygen atoms in total. The lowest BCUT2D eigenvalue weighted by Gasteiger charge is -2.01. The Labute approximate surface area is 86.0 Å². The average Bonchev–Trinajstić information content (AvgIpc) is 2.74. The summed E-state index contributed by atoms with van der Waals surface area (Å²) >= 11 is 1.36. The topological polar surface area (TPSA) is 56.5 Å². The van der Waals surface area contributed by atoms with Gasteiger partial charge in [-0.25, -0.2) is 0 Å². The maximum atomic E-state index is 4.08. The third-order valence-corrected chi connectivity index (χ3v) is 2.76. The Bertz CT molecular complexity index is 419. The zero-order valence-corrected chi connectivity index (χ0v) is 8.95. The van der Waals surface area contributed by atoms with E-state index in [0.717, 1.165) is 29.4 Å². The second-order valence-electron chi connectivity index (χ2n) is 3.04. The standard InChI is InChI=1S/C8H11N5S/c1-3-4-13-5-9-11-8(13)7-6(2)10-12-14-7/h5H,3-4H2,1-2H3. The summed E-state index contributed by atoms with van der Waals surface area (Å²) in [4.78, 5) is 1.01. The third-order valence-electron chi connectivity index (χ3n) is 1.93. The van der Waals surface area contributed by atoms with E-state index < -0.39 is 0 Å². The van der Waals surface area contributed by atoms with Crippen LogP contribution in [0.4, 0.5) is 0 Å². The fraction of sp³-hybridized carbons (Fsp3) is 0.500. The van der Waals surface area contributed by atoms with Crippen molar-refractivity contribution in [3.8, 4) is 10.7 Å². The molecule has 0 saturated heterocycles. The summed E-state index contributed by atoms with van der Waals surface area (Å²) in [6, 6.07) is 0. The molecule has 0 fully saturated rings. The van der Waals surface area contributed by atoms with E-state index in [1.54, 1.807) is 6.33 Å². The van der Waals surface area contributed by atoms with Gasteiger partial charge in [0.1, 0.15) is 11.2 Å². The van der Waals surface area contributed by atoms with Gasteiger partial charge < -0.3 is 4.57 Å². The van der Waals surface area contributed by atoms with E-state index in [4.69, 9.17) is 0 Å². The molecule has 74 valence electrons. The lowest BCUT2D eigenvalue weighted by Crippen LogP contribution is -1.97. The van der Waals surface area contributed by atoms with Crippen LogP contribution in [0, 0.1) is 6.92 Å². The minimum absolute atomic E-state index is 0.874. The number of aryl methyl sites for hydroxylation is 2. The van der Waals surface area contributed by atoms with Gasteiger partial charge in [-0.15, -0.1) is 15.3 Å². The van der Waals surface area contributed by atoms with Crippen LogP contribution < -0.4 is 0 Å². The molecule has 0 radical (unpaired) electrons. The monoisotopic (exact) mass is 209 g/mol. The molecule has 2 heterocycles. The SMILES string of the molecule is CCCn1cnnc1-c1snnc1C. The highest BCUT2D eigenvalue weighted by Gasteiger charge is 2.12. The van der Waals surface area contributed by atoms with Crippen molar-refractivity contribution < 1.29 is 0 Å². The summed E-state index contributed by atoms with van der Waals surface area (Å²) in [5.41, 5.74) is 0.917. The first kappa shape index (κ1) is 9.26. The van der Waals surface area contributed by atoms with Crippen molar-refractivity contribution in [2.75, 3.05) is 0 Å². The highest BCUT2D eigenvalue weighted by molar-refractivity contribution is 7.09. The molecule has 2 aromatic heterocycles. The van der Waals surface area contributed by atoms with Crippen molar-refractivity contribution >= 4 is 11.5 Å². The second-order valence-corrected chi connectivity index (χ2v) is 3.79. The number of hydrogen-bond acceptors (Lipinski definition) is 5. The van der Waals surface area contributed by atoms with Gasteiger partial charge in [-0.05, 0) is 24.9 Å². The van der Waals surface area contributed by atoms with Crippen molar-refractivity contribution in [2.45, 2.75) is 26.8 Å². The van der Waals surface area contributed by atoms with Crippen molar-refractivity contribution in [1.29, 1.82) is 0 Å². The summed E-state index contributed by atoms with van der Waals surface area (Å²) < 4.78 is 5.92. The van der Waals surface area contributed by atoms with Crippen LogP contribution in [0.5, 0.6) is 0 Å². The molecule has 0 amide bonds. The molecule has 0 atom stereocenters. The molecule has 0 spiro atoms. The van der Waals surface area contributed by atoms with Crippen LogP contribution in [0.2, 0.25) is 0 Å². The van der Waals surface area contributed by atoms with Gasteiger partial charge in [-0.2, -0.15) is 0 Å². The Morgan fingerprint density at radius 3 is 2.93 bits per heavy atom. The van der Waals surface area contributed by atoms with Crippen molar-refractivity contribution in [1.82, 2.24) is 24.4 Å². The summed E-state index contributed by atoms with van der Waals surface area (Å²) in [7, 11) is 0. The van der Waals surface area contributed by atoms with Gasteiger partial charge in [0.2, 0.25) is 0 Å². The van der Waals surface area contributed by atoms with Crippen LogP contribution >= 0.6 is 11.5 Å². The second kappa shape index (κ2) is 3.83. The molecule has 14 heavy (non-hydrogen) atoms. The minimum Gasteiger partial charge on any atom is -0.313 e. The predicted molar refractivity (Wildman–Crippen MR) is 54.0 cm³/mol. The number of rotatable bonds is 3. The quantitative estimate of drug-likeness (QED) is 0.769. The maximum absolute atomic E-state index is 4.08. The van der Waals surface area contributed by atoms with Gasteiger partial charge in [0.25, 0.3) is 0 Å². The van der Waals surface area contributed by atoms with E-state index in [2.05, 4.69) is 26.7 Å². The Morgan fingerprint density at radius 2 is 2.29 bits per heavy atom. The molecule has 2 rings (SSSR count). The smallest absolute Gasteiger partial charge is 0.177 e. The summed E-state index contributed by atoms with van der Waals surface area (Å²) in [5, 5.41) is 11.9. The van der Waals surface area contributed by atoms with Crippen LogP contribution in [0.1, 0.15) is 19.0 Å². The highest BCUT2D eigenvalue weighted by atomic mass is 32.1. The molecule has 0 aliphatic carbocycles. The average molecular weight is 209 g/mol. The molecule has 0 aliphatic heterocycles. The predicted octanol–water partition coefficient (Wildman–Crippen LogP) is 1.52. The molecule has 2 aromatic rings. The first-order valence-corrected chi connectivity index (χ1v) is 5.27. The molecule has 0 aromatic carbocycles. The first-order chi connectivity index (χ1) is 6.83. The van der Waals surface area contributed by atoms with Crippen LogP contribution in [0.3, 0.4) is 0 Å². The molecular formula is C8H11N5S. The lowest BCUT2D eigenvalue weighted by atomic mass is 10.3. The maximum Gasteiger partial charge on any atom is 0.177 e. The highest BCUT2D eigenvalue weighted by Crippen LogP contribution is 2.23. The van der Waals surface area contributed by atoms with E-state index in [1.165, 1.54) is 11.5 Å². The van der Waals surface area contributed by atoms with Crippen LogP contribution in [-0.2, 0) is 6.54 Å². The van der Waals surface area contributed by atoms with Crippen molar-refractivity contribution in [2.24, 2.45) is 0 Å². The van der Waals surface area contributed by atoms with Gasteiger partial charge in [0, 0.05) is 6.54 Å². The third kappa shape index (κ3) is 1.52. The van der Waals surface area contributed by atoms with Gasteiger partial charge in [-0.3, -0.25) is 0 Å². The Morgan fingerprint density at radius 1 is 1.43 bits per heavy atom. The zero-order chi connectivity index (χ0) is 9.97. The Kier molecular flexibility index (Phi) is 2.53. The molecule has 0 unspecified atom stereocenters. The summed E-state index contributed by atoms with van der Waals surface area (Å²) in [6.45, 7) is 4.99. The van der Waals surface area contributed by atoms with Gasteiger partial charge in [-0.1, -0.05) is 11.4 Å². The summed E-state index contributed by atoms with van der Waals surface area (Å²) in [6.07, 6.45) is 2.81. The molecule has 0 aliphatic rings. The van der Waals surface area contributed by atoms with E-state index >= 15 is 0 Å². The van der Waals surface area contributed by atoms with E-state index in [0.29, 0.717) is 0 Å². The van der Waals surface area contributed by atoms with Crippen molar-refractivity contribution in [3.05, 3.63) is 12.0 Å². The normalized spacial score (nSPS) is 10.7. The van der Waals surface area contributed by atoms with Gasteiger partial charge >= 0.3 is 0 Å². The molecule has 6 heteroatoms. The number of hydrogen-bond donors (Lipinski definition) is 0. The van der Waals surface area contributed by atoms with Crippen LogP contribution in [0.15, 0.2) is 6.33 Å². The van der Waals surface area contributed by atoms with E-state index in [-0.39, 0.29) is 0 Å². The molecular weight excluding hydrogens is 198 g/mol. The van der Waals surface area contributed by atoms with Crippen LogP contribution in [-0.4, -0.2) is 24.4 Å². The van der Waals surface area contributed by atoms with Crippen molar-refractivity contribution in [3.63, 3.8) is 0 Å².